The summed E-state index contributed by atoms with van der Waals surface area (Å²) in [4.78, 5) is 11.7. The normalized spacial score (nSPS) is 11.4. The minimum absolute atomic E-state index is 0.0128. The first-order valence-corrected chi connectivity index (χ1v) is 8.12. The maximum Gasteiger partial charge on any atom is 0.240 e. The molecule has 3 heteroatoms. The van der Waals surface area contributed by atoms with Crippen LogP contribution in [0.25, 0.3) is 0 Å². The van der Waals surface area contributed by atoms with Crippen LogP contribution in [0.4, 0.5) is 0 Å². The number of amides is 1. The highest BCUT2D eigenvalue weighted by Gasteiger charge is 2.01. The molecule has 0 fully saturated rings. The molecule has 0 unspecified atom stereocenters. The monoisotopic (exact) mass is 288 g/mol. The van der Waals surface area contributed by atoms with E-state index in [2.05, 4.69) is 17.5 Å². The van der Waals surface area contributed by atoms with Gasteiger partial charge in [-0.15, -0.1) is 0 Å². The molecule has 1 amide bonds. The summed E-state index contributed by atoms with van der Waals surface area (Å²) >= 11 is 0. The summed E-state index contributed by atoms with van der Waals surface area (Å²) < 4.78 is 0. The Kier molecular flexibility index (Phi) is 9.18. The summed E-state index contributed by atoms with van der Waals surface area (Å²) in [5, 5.41) is 4.15. The van der Waals surface area contributed by atoms with Gasteiger partial charge in [-0.1, -0.05) is 75.8 Å². The fourth-order valence-electron chi connectivity index (χ4n) is 2.19. The molecule has 21 heavy (non-hydrogen) atoms. The fourth-order valence-corrected chi connectivity index (χ4v) is 2.19. The lowest BCUT2D eigenvalue weighted by molar-refractivity contribution is -0.121. The van der Waals surface area contributed by atoms with Crippen LogP contribution in [-0.2, 0) is 4.79 Å². The first-order valence-electron chi connectivity index (χ1n) is 8.12. The van der Waals surface area contributed by atoms with Crippen molar-refractivity contribution in [2.75, 3.05) is 0 Å². The molecule has 0 atom stereocenters. The van der Waals surface area contributed by atoms with Gasteiger partial charge in [-0.2, -0.15) is 5.10 Å². The number of unbranched alkanes of at least 4 members (excludes halogenated alkanes) is 6. The molecule has 0 aliphatic heterocycles. The second-order valence-corrected chi connectivity index (χ2v) is 5.47. The van der Waals surface area contributed by atoms with Gasteiger partial charge in [0.25, 0.3) is 0 Å². The van der Waals surface area contributed by atoms with Crippen LogP contribution in [-0.4, -0.2) is 11.6 Å². The first kappa shape index (κ1) is 17.4. The van der Waals surface area contributed by atoms with Crippen molar-refractivity contribution in [2.24, 2.45) is 5.10 Å². The number of nitrogens with one attached hydrogen (secondary N) is 1. The molecule has 0 aliphatic rings. The van der Waals surface area contributed by atoms with E-state index in [1.807, 2.05) is 37.3 Å². The lowest BCUT2D eigenvalue weighted by atomic mass is 10.1. The van der Waals surface area contributed by atoms with Crippen LogP contribution in [0.3, 0.4) is 0 Å². The third kappa shape index (κ3) is 8.28. The topological polar surface area (TPSA) is 41.5 Å². The zero-order valence-corrected chi connectivity index (χ0v) is 13.4. The smallest absolute Gasteiger partial charge is 0.240 e. The van der Waals surface area contributed by atoms with Crippen LogP contribution in [0.5, 0.6) is 0 Å². The molecule has 0 aromatic heterocycles. The molecule has 0 saturated heterocycles. The molecule has 3 nitrogen and oxygen atoms in total. The number of carbonyl (C=O) groups is 1. The van der Waals surface area contributed by atoms with Gasteiger partial charge in [-0.05, 0) is 18.9 Å². The van der Waals surface area contributed by atoms with Crippen molar-refractivity contribution < 1.29 is 4.79 Å². The largest absolute Gasteiger partial charge is 0.273 e. The SMILES string of the molecule is CCCCCCCCCC(=O)N/N=C(\C)c1ccccc1. The van der Waals surface area contributed by atoms with Crippen molar-refractivity contribution in [3.63, 3.8) is 0 Å². The van der Waals surface area contributed by atoms with Crippen LogP contribution >= 0.6 is 0 Å². The van der Waals surface area contributed by atoms with E-state index in [0.717, 1.165) is 24.1 Å². The Hall–Kier alpha value is -1.64. The number of hydrogen-bond donors (Lipinski definition) is 1. The summed E-state index contributed by atoms with van der Waals surface area (Å²) in [5.41, 5.74) is 4.51. The quantitative estimate of drug-likeness (QED) is 0.379. The molecule has 0 saturated carbocycles. The molecule has 1 N–H and O–H groups in total. The molecular formula is C18H28N2O. The Morgan fingerprint density at radius 1 is 1.00 bits per heavy atom. The van der Waals surface area contributed by atoms with E-state index in [4.69, 9.17) is 0 Å². The summed E-state index contributed by atoms with van der Waals surface area (Å²) in [6, 6.07) is 9.88. The Bertz CT molecular complexity index is 426. The summed E-state index contributed by atoms with van der Waals surface area (Å²) in [6.07, 6.45) is 9.12. The molecule has 1 aromatic rings. The predicted octanol–water partition coefficient (Wildman–Crippen LogP) is 4.67. The van der Waals surface area contributed by atoms with Gasteiger partial charge < -0.3 is 0 Å². The van der Waals surface area contributed by atoms with E-state index in [1.165, 1.54) is 32.1 Å². The third-order valence-electron chi connectivity index (χ3n) is 3.55. The minimum atomic E-state index is 0.0128. The van der Waals surface area contributed by atoms with E-state index >= 15 is 0 Å². The predicted molar refractivity (Wildman–Crippen MR) is 89.4 cm³/mol. The van der Waals surface area contributed by atoms with Gasteiger partial charge in [0.1, 0.15) is 0 Å². The summed E-state index contributed by atoms with van der Waals surface area (Å²) in [7, 11) is 0. The van der Waals surface area contributed by atoms with Gasteiger partial charge in [0, 0.05) is 6.42 Å². The van der Waals surface area contributed by atoms with Crippen molar-refractivity contribution in [3.8, 4) is 0 Å². The highest BCUT2D eigenvalue weighted by molar-refractivity contribution is 5.99. The van der Waals surface area contributed by atoms with Crippen LogP contribution in [0.1, 0.15) is 70.8 Å². The molecular weight excluding hydrogens is 260 g/mol. The maximum atomic E-state index is 11.7. The van der Waals surface area contributed by atoms with Crippen LogP contribution in [0.2, 0.25) is 0 Å². The Morgan fingerprint density at radius 2 is 1.62 bits per heavy atom. The Balaban J connectivity index is 2.14. The van der Waals surface area contributed by atoms with E-state index in [0.29, 0.717) is 6.42 Å². The van der Waals surface area contributed by atoms with Crippen LogP contribution in [0, 0.1) is 0 Å². The average Bonchev–Trinajstić information content (AvgIpc) is 2.52. The standard InChI is InChI=1S/C18H28N2O/c1-3-4-5-6-7-8-12-15-18(21)20-19-16(2)17-13-10-9-11-14-17/h9-11,13-14H,3-8,12,15H2,1-2H3,(H,20,21)/b19-16+. The van der Waals surface area contributed by atoms with Gasteiger partial charge in [-0.3, -0.25) is 4.79 Å². The van der Waals surface area contributed by atoms with Crippen LogP contribution < -0.4 is 5.43 Å². The number of hydrogen-bond acceptors (Lipinski definition) is 2. The number of carbonyl (C=O) groups excluding carboxylic acids is 1. The van der Waals surface area contributed by atoms with Crippen molar-refractivity contribution in [1.29, 1.82) is 0 Å². The van der Waals surface area contributed by atoms with Crippen molar-refractivity contribution >= 4 is 11.6 Å². The van der Waals surface area contributed by atoms with Gasteiger partial charge in [0.2, 0.25) is 5.91 Å². The average molecular weight is 288 g/mol. The number of benzene rings is 1. The molecule has 0 radical (unpaired) electrons. The van der Waals surface area contributed by atoms with Gasteiger partial charge in [0.05, 0.1) is 5.71 Å². The first-order chi connectivity index (χ1) is 10.2. The minimum Gasteiger partial charge on any atom is -0.273 e. The zero-order valence-electron chi connectivity index (χ0n) is 13.4. The van der Waals surface area contributed by atoms with E-state index in [9.17, 15) is 4.79 Å². The maximum absolute atomic E-state index is 11.7. The lowest BCUT2D eigenvalue weighted by Gasteiger charge is -2.03. The number of nitrogens with zero attached hydrogens (tertiary/aromatic N) is 1. The molecule has 0 heterocycles. The number of rotatable bonds is 10. The molecule has 0 aliphatic carbocycles. The van der Waals surface area contributed by atoms with E-state index in [-0.39, 0.29) is 5.91 Å². The highest BCUT2D eigenvalue weighted by Crippen LogP contribution is 2.08. The molecule has 116 valence electrons. The van der Waals surface area contributed by atoms with Crippen LogP contribution in [0.15, 0.2) is 35.4 Å². The van der Waals surface area contributed by atoms with Crippen molar-refractivity contribution in [2.45, 2.75) is 65.2 Å². The lowest BCUT2D eigenvalue weighted by Crippen LogP contribution is -2.18. The molecule has 1 rings (SSSR count). The van der Waals surface area contributed by atoms with Gasteiger partial charge in [0.15, 0.2) is 0 Å². The van der Waals surface area contributed by atoms with E-state index in [1.54, 1.807) is 0 Å². The highest BCUT2D eigenvalue weighted by atomic mass is 16.2. The molecule has 1 aromatic carbocycles. The second-order valence-electron chi connectivity index (χ2n) is 5.47. The van der Waals surface area contributed by atoms with Gasteiger partial charge in [-0.25, -0.2) is 5.43 Å². The van der Waals surface area contributed by atoms with Crippen molar-refractivity contribution in [3.05, 3.63) is 35.9 Å². The van der Waals surface area contributed by atoms with E-state index < -0.39 is 0 Å². The second kappa shape index (κ2) is 11.1. The molecule has 0 bridgehead atoms. The number of hydrazone groups is 1. The Morgan fingerprint density at radius 3 is 2.29 bits per heavy atom. The third-order valence-corrected chi connectivity index (χ3v) is 3.55. The Labute approximate surface area is 128 Å². The van der Waals surface area contributed by atoms with Crippen molar-refractivity contribution in [1.82, 2.24) is 5.43 Å². The zero-order chi connectivity index (χ0) is 15.3. The molecule has 0 spiro atoms. The summed E-state index contributed by atoms with van der Waals surface area (Å²) in [6.45, 7) is 4.13. The summed E-state index contributed by atoms with van der Waals surface area (Å²) in [5.74, 6) is 0.0128. The fraction of sp³-hybridized carbons (Fsp3) is 0.556. The van der Waals surface area contributed by atoms with Gasteiger partial charge >= 0.3 is 0 Å².